The summed E-state index contributed by atoms with van der Waals surface area (Å²) in [6.07, 6.45) is 11.6. The fraction of sp³-hybridized carbons (Fsp3) is 0.867. The summed E-state index contributed by atoms with van der Waals surface area (Å²) in [5, 5.41) is 2.59. The van der Waals surface area contributed by atoms with Crippen LogP contribution in [-0.4, -0.2) is 17.9 Å². The maximum absolute atomic E-state index is 11.4. The zero-order chi connectivity index (χ0) is 14.5. The van der Waals surface area contributed by atoms with Crippen LogP contribution in [0.2, 0.25) is 0 Å². The van der Waals surface area contributed by atoms with E-state index in [-0.39, 0.29) is 5.91 Å². The van der Waals surface area contributed by atoms with Crippen molar-refractivity contribution in [1.82, 2.24) is 5.32 Å². The van der Waals surface area contributed by atoms with E-state index < -0.39 is 11.9 Å². The number of unbranched alkanes of at least 4 members (excludes halogenated alkanes) is 8. The van der Waals surface area contributed by atoms with Crippen LogP contribution >= 0.6 is 0 Å². The second kappa shape index (κ2) is 12.0. The van der Waals surface area contributed by atoms with Crippen LogP contribution in [0.1, 0.15) is 78.1 Å². The van der Waals surface area contributed by atoms with Crippen molar-refractivity contribution in [3.8, 4) is 0 Å². The van der Waals surface area contributed by atoms with Gasteiger partial charge in [-0.2, -0.15) is 0 Å². The maximum Gasteiger partial charge on any atom is 0.239 e. The van der Waals surface area contributed by atoms with Crippen LogP contribution in [0.25, 0.3) is 0 Å². The number of amides is 2. The van der Waals surface area contributed by atoms with Gasteiger partial charge in [0, 0.05) is 6.42 Å². The Morgan fingerprint density at radius 2 is 1.42 bits per heavy atom. The quantitative estimate of drug-likeness (QED) is 0.535. The highest BCUT2D eigenvalue weighted by Gasteiger charge is 2.11. The largest absolute Gasteiger partial charge is 0.368 e. The molecule has 0 rings (SSSR count). The van der Waals surface area contributed by atoms with Crippen molar-refractivity contribution in [2.45, 2.75) is 84.1 Å². The number of hydrogen-bond donors (Lipinski definition) is 2. The molecule has 1 atom stereocenters. The standard InChI is InChI=1S/C15H30N2O2/c1-3-4-5-6-7-8-9-10-11-12-14(18)17-13(2)15(16)19/h13H,3-12H2,1-2H3,(H2,16,19)(H,17,18)/t13-/m1/s1. The fourth-order valence-corrected chi connectivity index (χ4v) is 1.98. The van der Waals surface area contributed by atoms with Crippen molar-refractivity contribution < 1.29 is 9.59 Å². The summed E-state index contributed by atoms with van der Waals surface area (Å²) >= 11 is 0. The summed E-state index contributed by atoms with van der Waals surface area (Å²) < 4.78 is 0. The van der Waals surface area contributed by atoms with Crippen LogP contribution in [0.5, 0.6) is 0 Å². The molecular formula is C15H30N2O2. The van der Waals surface area contributed by atoms with Gasteiger partial charge in [0.25, 0.3) is 0 Å². The fourth-order valence-electron chi connectivity index (χ4n) is 1.98. The van der Waals surface area contributed by atoms with Gasteiger partial charge in [0.05, 0.1) is 0 Å². The molecule has 0 aromatic carbocycles. The van der Waals surface area contributed by atoms with E-state index in [1.807, 2.05) is 0 Å². The van der Waals surface area contributed by atoms with Crippen molar-refractivity contribution in [3.63, 3.8) is 0 Å². The van der Waals surface area contributed by atoms with Gasteiger partial charge in [-0.1, -0.05) is 58.3 Å². The molecule has 2 amide bonds. The van der Waals surface area contributed by atoms with Crippen LogP contribution in [0.4, 0.5) is 0 Å². The highest BCUT2D eigenvalue weighted by atomic mass is 16.2. The van der Waals surface area contributed by atoms with E-state index in [0.29, 0.717) is 6.42 Å². The lowest BCUT2D eigenvalue weighted by Crippen LogP contribution is -2.42. The Morgan fingerprint density at radius 1 is 0.947 bits per heavy atom. The number of carbonyl (C=O) groups excluding carboxylic acids is 2. The average molecular weight is 270 g/mol. The molecule has 0 radical (unpaired) electrons. The Bertz CT molecular complexity index is 255. The topological polar surface area (TPSA) is 72.2 Å². The van der Waals surface area contributed by atoms with Crippen LogP contribution < -0.4 is 11.1 Å². The smallest absolute Gasteiger partial charge is 0.239 e. The first-order valence-electron chi connectivity index (χ1n) is 7.66. The second-order valence-corrected chi connectivity index (χ2v) is 5.27. The number of hydrogen-bond acceptors (Lipinski definition) is 2. The maximum atomic E-state index is 11.4. The molecule has 3 N–H and O–H groups in total. The normalized spacial score (nSPS) is 12.1. The minimum Gasteiger partial charge on any atom is -0.368 e. The minimum atomic E-state index is -0.564. The molecule has 4 heteroatoms. The molecule has 0 unspecified atom stereocenters. The predicted octanol–water partition coefficient (Wildman–Crippen LogP) is 2.90. The summed E-state index contributed by atoms with van der Waals surface area (Å²) in [4.78, 5) is 22.2. The van der Waals surface area contributed by atoms with Gasteiger partial charge in [-0.15, -0.1) is 0 Å². The molecule has 0 saturated carbocycles. The number of nitrogens with two attached hydrogens (primary N) is 1. The van der Waals surface area contributed by atoms with E-state index in [0.717, 1.165) is 12.8 Å². The molecular weight excluding hydrogens is 240 g/mol. The van der Waals surface area contributed by atoms with Gasteiger partial charge < -0.3 is 11.1 Å². The van der Waals surface area contributed by atoms with Gasteiger partial charge in [0.2, 0.25) is 11.8 Å². The molecule has 0 aromatic rings. The van der Waals surface area contributed by atoms with E-state index >= 15 is 0 Å². The summed E-state index contributed by atoms with van der Waals surface area (Å²) in [5.41, 5.74) is 5.07. The third kappa shape index (κ3) is 11.7. The number of carbonyl (C=O) groups is 2. The third-order valence-corrected chi connectivity index (χ3v) is 3.31. The molecule has 0 aliphatic rings. The lowest BCUT2D eigenvalue weighted by Gasteiger charge is -2.09. The Kier molecular flexibility index (Phi) is 11.3. The molecule has 4 nitrogen and oxygen atoms in total. The zero-order valence-electron chi connectivity index (χ0n) is 12.5. The van der Waals surface area contributed by atoms with Gasteiger partial charge >= 0.3 is 0 Å². The van der Waals surface area contributed by atoms with Crippen LogP contribution in [-0.2, 0) is 9.59 Å². The van der Waals surface area contributed by atoms with Crippen molar-refractivity contribution in [3.05, 3.63) is 0 Å². The molecule has 0 aliphatic carbocycles. The Hall–Kier alpha value is -1.06. The highest BCUT2D eigenvalue weighted by molar-refractivity contribution is 5.86. The Labute approximate surface area is 117 Å². The summed E-state index contributed by atoms with van der Waals surface area (Å²) in [7, 11) is 0. The molecule has 19 heavy (non-hydrogen) atoms. The minimum absolute atomic E-state index is 0.0748. The zero-order valence-corrected chi connectivity index (χ0v) is 12.5. The van der Waals surface area contributed by atoms with Gasteiger partial charge in [-0.05, 0) is 13.3 Å². The molecule has 0 aromatic heterocycles. The number of rotatable bonds is 12. The van der Waals surface area contributed by atoms with E-state index in [2.05, 4.69) is 12.2 Å². The van der Waals surface area contributed by atoms with Crippen molar-refractivity contribution >= 4 is 11.8 Å². The molecule has 0 spiro atoms. The average Bonchev–Trinajstić information content (AvgIpc) is 2.36. The van der Waals surface area contributed by atoms with E-state index in [9.17, 15) is 9.59 Å². The molecule has 0 bridgehead atoms. The molecule has 0 aliphatic heterocycles. The highest BCUT2D eigenvalue weighted by Crippen LogP contribution is 2.10. The first-order valence-corrected chi connectivity index (χ1v) is 7.66. The van der Waals surface area contributed by atoms with E-state index in [1.165, 1.54) is 44.9 Å². The SMILES string of the molecule is CCCCCCCCCCCC(=O)N[C@H](C)C(N)=O. The lowest BCUT2D eigenvalue weighted by atomic mass is 10.1. The van der Waals surface area contributed by atoms with Crippen molar-refractivity contribution in [1.29, 1.82) is 0 Å². The molecule has 0 fully saturated rings. The Morgan fingerprint density at radius 3 is 1.89 bits per heavy atom. The first kappa shape index (κ1) is 17.9. The number of primary amides is 1. The Balaban J connectivity index is 3.30. The monoisotopic (exact) mass is 270 g/mol. The van der Waals surface area contributed by atoms with Crippen LogP contribution in [0.3, 0.4) is 0 Å². The van der Waals surface area contributed by atoms with Gasteiger partial charge in [-0.25, -0.2) is 0 Å². The van der Waals surface area contributed by atoms with Gasteiger partial charge in [0.15, 0.2) is 0 Å². The predicted molar refractivity (Wildman–Crippen MR) is 78.6 cm³/mol. The second-order valence-electron chi connectivity index (χ2n) is 5.27. The van der Waals surface area contributed by atoms with Crippen LogP contribution in [0.15, 0.2) is 0 Å². The molecule has 0 saturated heterocycles. The van der Waals surface area contributed by atoms with E-state index in [1.54, 1.807) is 6.92 Å². The summed E-state index contributed by atoms with van der Waals surface area (Å²) in [6.45, 7) is 3.83. The van der Waals surface area contributed by atoms with Crippen molar-refractivity contribution in [2.75, 3.05) is 0 Å². The summed E-state index contributed by atoms with van der Waals surface area (Å²) in [5.74, 6) is -0.560. The van der Waals surface area contributed by atoms with E-state index in [4.69, 9.17) is 5.73 Å². The van der Waals surface area contributed by atoms with Crippen molar-refractivity contribution in [2.24, 2.45) is 5.73 Å². The van der Waals surface area contributed by atoms with Gasteiger partial charge in [-0.3, -0.25) is 9.59 Å². The first-order chi connectivity index (χ1) is 9.07. The molecule has 112 valence electrons. The van der Waals surface area contributed by atoms with Crippen LogP contribution in [0, 0.1) is 0 Å². The summed E-state index contributed by atoms with van der Waals surface area (Å²) in [6, 6.07) is -0.564. The van der Waals surface area contributed by atoms with Gasteiger partial charge in [0.1, 0.15) is 6.04 Å². The molecule has 0 heterocycles. The lowest BCUT2D eigenvalue weighted by molar-refractivity contribution is -0.127. The third-order valence-electron chi connectivity index (χ3n) is 3.31. The number of nitrogens with one attached hydrogen (secondary N) is 1.